The highest BCUT2D eigenvalue weighted by molar-refractivity contribution is 14.0. The van der Waals surface area contributed by atoms with Gasteiger partial charge < -0.3 is 15.4 Å². The summed E-state index contributed by atoms with van der Waals surface area (Å²) >= 11 is 1.94. The van der Waals surface area contributed by atoms with Gasteiger partial charge in [-0.15, -0.1) is 24.0 Å². The maximum Gasteiger partial charge on any atom is 0.191 e. The van der Waals surface area contributed by atoms with E-state index in [4.69, 9.17) is 4.74 Å². The van der Waals surface area contributed by atoms with Crippen LogP contribution in [0.2, 0.25) is 0 Å². The summed E-state index contributed by atoms with van der Waals surface area (Å²) in [7, 11) is 1.83. The lowest BCUT2D eigenvalue weighted by Gasteiger charge is -2.36. The molecular formula is C16H29IN6OS. The van der Waals surface area contributed by atoms with Gasteiger partial charge in [0.05, 0.1) is 6.54 Å². The topological polar surface area (TPSA) is 76.4 Å². The van der Waals surface area contributed by atoms with Crippen molar-refractivity contribution in [2.45, 2.75) is 49.9 Å². The van der Waals surface area contributed by atoms with Crippen molar-refractivity contribution in [3.63, 3.8) is 0 Å². The fourth-order valence-electron chi connectivity index (χ4n) is 3.38. The predicted octanol–water partition coefficient (Wildman–Crippen LogP) is 1.60. The first kappa shape index (κ1) is 20.8. The molecule has 3 rings (SSSR count). The molecule has 1 unspecified atom stereocenters. The molecule has 0 aliphatic carbocycles. The molecule has 1 fully saturated rings. The number of nitrogens with zero attached hydrogens (tertiary/aromatic N) is 4. The fourth-order valence-corrected chi connectivity index (χ4v) is 4.17. The van der Waals surface area contributed by atoms with Crippen LogP contribution in [-0.2, 0) is 17.7 Å². The SMILES string of the molecule is CN=C(NCC1(SC)CCOCC1)NC1CCc2nc(C)nn2C1.I. The lowest BCUT2D eigenvalue weighted by atomic mass is 9.99. The van der Waals surface area contributed by atoms with Gasteiger partial charge >= 0.3 is 0 Å². The van der Waals surface area contributed by atoms with Crippen molar-refractivity contribution in [3.8, 4) is 0 Å². The molecule has 2 aliphatic heterocycles. The lowest BCUT2D eigenvalue weighted by Crippen LogP contribution is -2.51. The van der Waals surface area contributed by atoms with Crippen molar-refractivity contribution in [2.24, 2.45) is 4.99 Å². The van der Waals surface area contributed by atoms with Gasteiger partial charge in [-0.1, -0.05) is 0 Å². The zero-order chi connectivity index (χ0) is 17.0. The summed E-state index contributed by atoms with van der Waals surface area (Å²) in [5, 5.41) is 11.5. The van der Waals surface area contributed by atoms with Gasteiger partial charge in [-0.05, 0) is 32.4 Å². The molecule has 9 heteroatoms. The van der Waals surface area contributed by atoms with E-state index in [1.165, 1.54) is 0 Å². The number of nitrogens with one attached hydrogen (secondary N) is 2. The number of guanidine groups is 1. The van der Waals surface area contributed by atoms with Crippen LogP contribution in [0.15, 0.2) is 4.99 Å². The van der Waals surface area contributed by atoms with Crippen LogP contribution in [0.4, 0.5) is 0 Å². The maximum atomic E-state index is 5.51. The van der Waals surface area contributed by atoms with Crippen LogP contribution in [0.3, 0.4) is 0 Å². The second kappa shape index (κ2) is 9.40. The molecule has 142 valence electrons. The Morgan fingerprint density at radius 2 is 2.20 bits per heavy atom. The number of aliphatic imine (C=N–C) groups is 1. The molecule has 1 saturated heterocycles. The van der Waals surface area contributed by atoms with Gasteiger partial charge in [0, 0.05) is 44.0 Å². The van der Waals surface area contributed by atoms with Crippen LogP contribution in [0, 0.1) is 6.92 Å². The summed E-state index contributed by atoms with van der Waals surface area (Å²) in [6.07, 6.45) is 6.38. The van der Waals surface area contributed by atoms with Crippen molar-refractivity contribution >= 4 is 41.7 Å². The van der Waals surface area contributed by atoms with Crippen molar-refractivity contribution in [1.82, 2.24) is 25.4 Å². The average Bonchev–Trinajstić information content (AvgIpc) is 2.98. The summed E-state index contributed by atoms with van der Waals surface area (Å²) in [5.41, 5.74) is 0. The standard InChI is InChI=1S/C16H28N6OS.HI/c1-12-19-14-5-4-13(10-22(14)21-12)20-15(17-2)18-11-16(24-3)6-8-23-9-7-16;/h13H,4-11H2,1-3H3,(H2,17,18,20);1H. The van der Waals surface area contributed by atoms with E-state index in [9.17, 15) is 0 Å². The quantitative estimate of drug-likeness (QED) is 0.388. The Labute approximate surface area is 171 Å². The van der Waals surface area contributed by atoms with Gasteiger partial charge in [0.1, 0.15) is 11.6 Å². The van der Waals surface area contributed by atoms with Crippen molar-refractivity contribution in [3.05, 3.63) is 11.6 Å². The van der Waals surface area contributed by atoms with Gasteiger partial charge in [0.25, 0.3) is 0 Å². The van der Waals surface area contributed by atoms with Crippen LogP contribution in [-0.4, -0.2) is 64.6 Å². The summed E-state index contributed by atoms with van der Waals surface area (Å²) in [4.78, 5) is 8.87. The minimum absolute atomic E-state index is 0. The Bertz CT molecular complexity index is 587. The number of aryl methyl sites for hydroxylation is 2. The predicted molar refractivity (Wildman–Crippen MR) is 113 cm³/mol. The highest BCUT2D eigenvalue weighted by Crippen LogP contribution is 2.32. The van der Waals surface area contributed by atoms with E-state index in [0.717, 1.165) is 69.6 Å². The second-order valence-corrected chi connectivity index (χ2v) is 7.84. The van der Waals surface area contributed by atoms with E-state index in [-0.39, 0.29) is 28.7 Å². The molecule has 3 heterocycles. The smallest absolute Gasteiger partial charge is 0.191 e. The molecule has 1 aromatic heterocycles. The monoisotopic (exact) mass is 480 g/mol. The average molecular weight is 480 g/mol. The first-order valence-electron chi connectivity index (χ1n) is 8.64. The van der Waals surface area contributed by atoms with Gasteiger partial charge in [-0.25, -0.2) is 9.67 Å². The van der Waals surface area contributed by atoms with Gasteiger partial charge in [-0.3, -0.25) is 4.99 Å². The second-order valence-electron chi connectivity index (χ2n) is 6.56. The molecule has 0 radical (unpaired) electrons. The molecule has 0 saturated carbocycles. The number of aromatic nitrogens is 3. The third kappa shape index (κ3) is 5.22. The molecule has 25 heavy (non-hydrogen) atoms. The number of hydrogen-bond acceptors (Lipinski definition) is 5. The van der Waals surface area contributed by atoms with Crippen LogP contribution < -0.4 is 10.6 Å². The Morgan fingerprint density at radius 3 is 2.88 bits per heavy atom. The molecule has 0 bridgehead atoms. The number of fused-ring (bicyclic) bond motifs is 1. The van der Waals surface area contributed by atoms with Crippen molar-refractivity contribution in [2.75, 3.05) is 33.1 Å². The molecule has 7 nitrogen and oxygen atoms in total. The molecule has 0 aromatic carbocycles. The van der Waals surface area contributed by atoms with E-state index < -0.39 is 0 Å². The Balaban J connectivity index is 0.00000225. The lowest BCUT2D eigenvalue weighted by molar-refractivity contribution is 0.0782. The van der Waals surface area contributed by atoms with Crippen molar-refractivity contribution < 1.29 is 4.74 Å². The summed E-state index contributed by atoms with van der Waals surface area (Å²) in [5.74, 6) is 2.83. The van der Waals surface area contributed by atoms with Crippen molar-refractivity contribution in [1.29, 1.82) is 0 Å². The highest BCUT2D eigenvalue weighted by atomic mass is 127. The zero-order valence-corrected chi connectivity index (χ0v) is 18.4. The first-order chi connectivity index (χ1) is 11.6. The number of hydrogen-bond donors (Lipinski definition) is 2. The molecular weight excluding hydrogens is 451 g/mol. The third-order valence-corrected chi connectivity index (χ3v) is 6.36. The number of rotatable bonds is 4. The van der Waals surface area contributed by atoms with Gasteiger partial charge in [0.2, 0.25) is 0 Å². The fraction of sp³-hybridized carbons (Fsp3) is 0.812. The maximum absolute atomic E-state index is 5.51. The third-order valence-electron chi connectivity index (χ3n) is 4.94. The van der Waals surface area contributed by atoms with E-state index in [0.29, 0.717) is 6.04 Å². The Hall–Kier alpha value is -0.550. The van der Waals surface area contributed by atoms with Crippen LogP contribution in [0.5, 0.6) is 0 Å². The van der Waals surface area contributed by atoms with Crippen LogP contribution in [0.1, 0.15) is 30.9 Å². The molecule has 2 N–H and O–H groups in total. The molecule has 1 aromatic rings. The van der Waals surface area contributed by atoms with E-state index >= 15 is 0 Å². The number of thioether (sulfide) groups is 1. The molecule has 0 amide bonds. The largest absolute Gasteiger partial charge is 0.381 e. The summed E-state index contributed by atoms with van der Waals surface area (Å²) in [6.45, 7) is 5.41. The first-order valence-corrected chi connectivity index (χ1v) is 9.87. The summed E-state index contributed by atoms with van der Waals surface area (Å²) in [6, 6.07) is 0.338. The minimum Gasteiger partial charge on any atom is -0.381 e. The minimum atomic E-state index is 0. The van der Waals surface area contributed by atoms with E-state index in [1.807, 2.05) is 30.4 Å². The molecule has 2 aliphatic rings. The Kier molecular flexibility index (Phi) is 7.81. The molecule has 0 spiro atoms. The number of halogens is 1. The van der Waals surface area contributed by atoms with E-state index in [2.05, 4.69) is 32.0 Å². The number of ether oxygens (including phenoxy) is 1. The van der Waals surface area contributed by atoms with E-state index in [1.54, 1.807) is 0 Å². The zero-order valence-electron chi connectivity index (χ0n) is 15.2. The summed E-state index contributed by atoms with van der Waals surface area (Å²) < 4.78 is 7.78. The molecule has 1 atom stereocenters. The Morgan fingerprint density at radius 1 is 1.44 bits per heavy atom. The highest BCUT2D eigenvalue weighted by Gasteiger charge is 2.32. The normalized spacial score (nSPS) is 22.7. The van der Waals surface area contributed by atoms with Crippen LogP contribution >= 0.6 is 35.7 Å². The van der Waals surface area contributed by atoms with Gasteiger partial charge in [-0.2, -0.15) is 16.9 Å². The van der Waals surface area contributed by atoms with Gasteiger partial charge in [0.15, 0.2) is 5.96 Å². The van der Waals surface area contributed by atoms with Crippen LogP contribution in [0.25, 0.3) is 0 Å².